The van der Waals surface area contributed by atoms with E-state index >= 15 is 0 Å². The average Bonchev–Trinajstić information content (AvgIpc) is 3.65. The number of para-hydroxylation sites is 2. The van der Waals surface area contributed by atoms with Crippen molar-refractivity contribution in [2.75, 3.05) is 11.5 Å². The van der Waals surface area contributed by atoms with E-state index in [4.69, 9.17) is 30.4 Å². The lowest BCUT2D eigenvalue weighted by Gasteiger charge is -2.34. The van der Waals surface area contributed by atoms with E-state index in [2.05, 4.69) is 84.9 Å². The van der Waals surface area contributed by atoms with Crippen LogP contribution in [0.15, 0.2) is 206 Å². The third kappa shape index (κ3) is 7.57. The maximum Gasteiger partial charge on any atom is 0.353 e. The van der Waals surface area contributed by atoms with Crippen molar-refractivity contribution in [3.05, 3.63) is 249 Å². The normalized spacial score (nSPS) is 12.2. The Labute approximate surface area is 394 Å². The number of hydrogen-bond donors (Lipinski definition) is 2. The molecule has 10 aromatic carbocycles. The molecule has 0 heterocycles. The highest BCUT2D eigenvalue weighted by Crippen LogP contribution is 2.57. The first-order valence-corrected chi connectivity index (χ1v) is 21.9. The molecule has 11 rings (SSSR count). The van der Waals surface area contributed by atoms with Crippen molar-refractivity contribution >= 4 is 44.3 Å². The van der Waals surface area contributed by atoms with Gasteiger partial charge in [-0.1, -0.05) is 109 Å². The summed E-state index contributed by atoms with van der Waals surface area (Å²) in [6, 6.07) is 63.7. The maximum atomic E-state index is 12.4. The van der Waals surface area contributed by atoms with Gasteiger partial charge in [0.15, 0.2) is 0 Å². The number of benzene rings is 10. The molecule has 10 aromatic rings. The van der Waals surface area contributed by atoms with Crippen LogP contribution in [0.1, 0.15) is 22.3 Å². The zero-order valence-electron chi connectivity index (χ0n) is 36.4. The summed E-state index contributed by atoms with van der Waals surface area (Å²) in [7, 11) is 0. The summed E-state index contributed by atoms with van der Waals surface area (Å²) >= 11 is 0. The monoisotopic (exact) mass is 906 g/mol. The molecule has 334 valence electrons. The molecule has 0 bridgehead atoms. The minimum Gasteiger partial charge on any atom is -0.450 e. The van der Waals surface area contributed by atoms with Gasteiger partial charge in [0, 0.05) is 23.5 Å². The molecule has 0 unspecified atom stereocenters. The van der Waals surface area contributed by atoms with E-state index in [1.807, 2.05) is 24.3 Å². The molecule has 1 aliphatic carbocycles. The Morgan fingerprint density at radius 1 is 0.362 bits per heavy atom. The lowest BCUT2D eigenvalue weighted by atomic mass is 9.67. The zero-order chi connectivity index (χ0) is 47.2. The smallest absolute Gasteiger partial charge is 0.353 e. The molecule has 0 spiro atoms. The summed E-state index contributed by atoms with van der Waals surface area (Å²) in [6.07, 6.45) is 0. The molecule has 0 amide bonds. The second-order valence-electron chi connectivity index (χ2n) is 16.6. The van der Waals surface area contributed by atoms with Gasteiger partial charge in [0.25, 0.3) is 0 Å². The Bertz CT molecular complexity index is 3460. The van der Waals surface area contributed by atoms with Gasteiger partial charge in [0.1, 0.15) is 23.0 Å². The number of fused-ring (bicyclic) bond motifs is 5. The second kappa shape index (κ2) is 17.0. The first-order chi connectivity index (χ1) is 33.6. The van der Waals surface area contributed by atoms with Crippen molar-refractivity contribution < 1.29 is 28.8 Å². The van der Waals surface area contributed by atoms with Gasteiger partial charge in [0.2, 0.25) is 23.0 Å². The minimum absolute atomic E-state index is 0.0209. The average molecular weight is 907 g/mol. The lowest BCUT2D eigenvalue weighted by molar-refractivity contribution is -0.386. The molecule has 0 atom stereocenters. The third-order valence-electron chi connectivity index (χ3n) is 12.4. The Kier molecular flexibility index (Phi) is 10.3. The van der Waals surface area contributed by atoms with Crippen LogP contribution in [0.25, 0.3) is 32.7 Å². The van der Waals surface area contributed by atoms with Crippen LogP contribution < -0.4 is 30.4 Å². The van der Waals surface area contributed by atoms with Crippen LogP contribution in [0, 0.1) is 20.2 Å². The quantitative estimate of drug-likeness (QED) is 0.0682. The van der Waals surface area contributed by atoms with Crippen LogP contribution in [0.4, 0.5) is 22.7 Å². The number of nitrogen functional groups attached to an aromatic ring is 2. The molecule has 0 aliphatic heterocycles. The number of anilines is 2. The first kappa shape index (κ1) is 42.0. The number of nitrogens with two attached hydrogens (primary N) is 2. The molecule has 0 radical (unpaired) electrons. The number of rotatable bonds is 12. The summed E-state index contributed by atoms with van der Waals surface area (Å²) in [5.74, 6) is 1.65. The SMILES string of the molecule is Nc1cccc(Oc2cccc(Oc3ccc4cc(C5(c6ccc7cc(Oc8cccc(Oc9cccc(N)c9)c8[N+](=O)[O-])ccc7c6)c6ccccc6-c6ccccc65)ccc4c3)c2[N+](=O)[O-])c1. The lowest BCUT2D eigenvalue weighted by Crippen LogP contribution is -2.28. The Morgan fingerprint density at radius 2 is 0.710 bits per heavy atom. The van der Waals surface area contributed by atoms with E-state index in [9.17, 15) is 20.2 Å². The number of hydrogen-bond acceptors (Lipinski definition) is 10. The van der Waals surface area contributed by atoms with Gasteiger partial charge >= 0.3 is 11.4 Å². The van der Waals surface area contributed by atoms with E-state index < -0.39 is 15.3 Å². The van der Waals surface area contributed by atoms with E-state index in [1.54, 1.807) is 84.9 Å². The van der Waals surface area contributed by atoms with E-state index in [0.717, 1.165) is 54.9 Å². The molecule has 0 saturated carbocycles. The highest BCUT2D eigenvalue weighted by Gasteiger charge is 2.46. The van der Waals surface area contributed by atoms with Gasteiger partial charge in [0.05, 0.1) is 15.3 Å². The van der Waals surface area contributed by atoms with Crippen LogP contribution >= 0.6 is 0 Å². The predicted molar refractivity (Wildman–Crippen MR) is 267 cm³/mol. The fourth-order valence-electron chi connectivity index (χ4n) is 9.42. The minimum atomic E-state index is -0.741. The number of nitro benzene ring substituents is 2. The van der Waals surface area contributed by atoms with Gasteiger partial charge in [-0.2, -0.15) is 0 Å². The van der Waals surface area contributed by atoms with Gasteiger partial charge in [-0.05, 0) is 140 Å². The Balaban J connectivity index is 0.958. The summed E-state index contributed by atoms with van der Waals surface area (Å²) in [5.41, 5.74) is 18.0. The van der Waals surface area contributed by atoms with E-state index in [0.29, 0.717) is 34.4 Å². The molecule has 4 N–H and O–H groups in total. The third-order valence-corrected chi connectivity index (χ3v) is 12.4. The van der Waals surface area contributed by atoms with Crippen molar-refractivity contribution in [2.24, 2.45) is 0 Å². The number of nitro groups is 2. The molecular formula is C57H38N4O8. The molecule has 69 heavy (non-hydrogen) atoms. The standard InChI is InChI=1S/C57H38N4O8/c58-41-9-5-11-43(33-41)66-51-17-7-19-53(55(51)60(62)63)68-45-27-23-35-29-39(25-21-37(35)31-45)57(49-15-3-1-13-47(49)48-14-2-4-16-50(48)57)40-26-22-38-32-46(28-24-36(38)30-40)69-54-20-8-18-52(56(54)61(64)65)67-44-12-6-10-42(59)34-44/h1-34H,58-59H2. The summed E-state index contributed by atoms with van der Waals surface area (Å²) < 4.78 is 24.3. The summed E-state index contributed by atoms with van der Waals surface area (Å²) in [4.78, 5) is 23.8. The van der Waals surface area contributed by atoms with E-state index in [-0.39, 0.29) is 34.4 Å². The molecule has 0 aromatic heterocycles. The van der Waals surface area contributed by atoms with Crippen LogP contribution in [0.3, 0.4) is 0 Å². The maximum absolute atomic E-state index is 12.4. The van der Waals surface area contributed by atoms with Crippen LogP contribution in [-0.4, -0.2) is 9.85 Å². The van der Waals surface area contributed by atoms with Crippen molar-refractivity contribution in [1.29, 1.82) is 0 Å². The summed E-state index contributed by atoms with van der Waals surface area (Å²) in [5, 5.41) is 28.5. The largest absolute Gasteiger partial charge is 0.450 e. The number of nitrogens with zero attached hydrogens (tertiary/aromatic N) is 2. The van der Waals surface area contributed by atoms with Crippen molar-refractivity contribution in [3.63, 3.8) is 0 Å². The number of ether oxygens (including phenoxy) is 4. The van der Waals surface area contributed by atoms with Gasteiger partial charge in [-0.15, -0.1) is 0 Å². The van der Waals surface area contributed by atoms with Crippen molar-refractivity contribution in [1.82, 2.24) is 0 Å². The molecule has 0 saturated heterocycles. The zero-order valence-corrected chi connectivity index (χ0v) is 36.4. The Morgan fingerprint density at radius 3 is 1.10 bits per heavy atom. The fourth-order valence-corrected chi connectivity index (χ4v) is 9.42. The van der Waals surface area contributed by atoms with Crippen molar-refractivity contribution in [2.45, 2.75) is 5.41 Å². The highest BCUT2D eigenvalue weighted by molar-refractivity contribution is 5.92. The van der Waals surface area contributed by atoms with Crippen LogP contribution in [0.5, 0.6) is 46.0 Å². The van der Waals surface area contributed by atoms with Crippen LogP contribution in [0.2, 0.25) is 0 Å². The first-order valence-electron chi connectivity index (χ1n) is 21.9. The second-order valence-corrected chi connectivity index (χ2v) is 16.6. The van der Waals surface area contributed by atoms with Crippen LogP contribution in [-0.2, 0) is 5.41 Å². The van der Waals surface area contributed by atoms with Gasteiger partial charge < -0.3 is 30.4 Å². The fraction of sp³-hybridized carbons (Fsp3) is 0.0175. The van der Waals surface area contributed by atoms with Gasteiger partial charge in [-0.25, -0.2) is 0 Å². The Hall–Kier alpha value is -9.68. The van der Waals surface area contributed by atoms with Gasteiger partial charge in [-0.3, -0.25) is 20.2 Å². The molecule has 12 nitrogen and oxygen atoms in total. The van der Waals surface area contributed by atoms with Crippen molar-refractivity contribution in [3.8, 4) is 57.1 Å². The molecule has 12 heteroatoms. The highest BCUT2D eigenvalue weighted by atomic mass is 16.6. The predicted octanol–water partition coefficient (Wildman–Crippen LogP) is 14.5. The molecule has 1 aliphatic rings. The topological polar surface area (TPSA) is 175 Å². The molecule has 0 fully saturated rings. The molecular weight excluding hydrogens is 869 g/mol. The van der Waals surface area contributed by atoms with E-state index in [1.165, 1.54) is 12.1 Å². The summed E-state index contributed by atoms with van der Waals surface area (Å²) in [6.45, 7) is 0.